The van der Waals surface area contributed by atoms with Crippen LogP contribution in [0, 0.1) is 5.41 Å². The Morgan fingerprint density at radius 1 is 1.28 bits per heavy atom. The molecular formula is C16H23NO. The van der Waals surface area contributed by atoms with Crippen LogP contribution in [0.4, 0.5) is 0 Å². The fraction of sp³-hybridized carbons (Fsp3) is 0.688. The molecule has 0 amide bonds. The molecule has 2 aliphatic carbocycles. The van der Waals surface area contributed by atoms with E-state index in [1.54, 1.807) is 0 Å². The molecule has 2 heteroatoms. The van der Waals surface area contributed by atoms with Gasteiger partial charge in [0.15, 0.2) is 0 Å². The maximum Gasteiger partial charge on any atom is 0.112 e. The lowest BCUT2D eigenvalue weighted by atomic mass is 9.84. The van der Waals surface area contributed by atoms with Gasteiger partial charge in [0, 0.05) is 16.5 Å². The normalized spacial score (nSPS) is 28.5. The first-order valence-corrected chi connectivity index (χ1v) is 7.06. The molecule has 3 rings (SSSR count). The van der Waals surface area contributed by atoms with Crippen molar-refractivity contribution in [2.24, 2.45) is 5.41 Å². The van der Waals surface area contributed by atoms with Gasteiger partial charge in [0.05, 0.1) is 5.69 Å². The van der Waals surface area contributed by atoms with Crippen LogP contribution in [-0.2, 0) is 17.4 Å². The zero-order chi connectivity index (χ0) is 13.2. The molecule has 1 fully saturated rings. The Morgan fingerprint density at radius 3 is 2.44 bits per heavy atom. The van der Waals surface area contributed by atoms with Crippen LogP contribution in [0.2, 0.25) is 0 Å². The Bertz CT molecular complexity index is 496. The summed E-state index contributed by atoms with van der Waals surface area (Å²) in [6.07, 6.45) is 4.10. The summed E-state index contributed by atoms with van der Waals surface area (Å²) >= 11 is 0. The van der Waals surface area contributed by atoms with E-state index in [0.29, 0.717) is 0 Å². The van der Waals surface area contributed by atoms with Crippen molar-refractivity contribution in [3.05, 3.63) is 29.1 Å². The average Bonchev–Trinajstić information content (AvgIpc) is 3.03. The molecule has 98 valence electrons. The zero-order valence-corrected chi connectivity index (χ0v) is 11.9. The number of rotatable bonds is 1. The smallest absolute Gasteiger partial charge is 0.112 e. The average molecular weight is 245 g/mol. The van der Waals surface area contributed by atoms with Crippen LogP contribution in [-0.4, -0.2) is 10.1 Å². The van der Waals surface area contributed by atoms with Crippen LogP contribution in [0.3, 0.4) is 0 Å². The SMILES string of the molecule is CC[C@]1(O)c2nc(C(C)(C)C)ccc2CC12CC2. The Morgan fingerprint density at radius 2 is 1.94 bits per heavy atom. The van der Waals surface area contributed by atoms with Crippen LogP contribution < -0.4 is 0 Å². The summed E-state index contributed by atoms with van der Waals surface area (Å²) in [6, 6.07) is 4.33. The molecule has 1 spiro atoms. The topological polar surface area (TPSA) is 33.1 Å². The van der Waals surface area contributed by atoms with Gasteiger partial charge in [-0.2, -0.15) is 0 Å². The Hall–Kier alpha value is -0.890. The van der Waals surface area contributed by atoms with Crippen LogP contribution in [0.1, 0.15) is 63.9 Å². The number of hydrogen-bond donors (Lipinski definition) is 1. The molecule has 0 unspecified atom stereocenters. The molecule has 0 aromatic carbocycles. The third-order valence-electron chi connectivity index (χ3n) is 4.91. The monoisotopic (exact) mass is 245 g/mol. The molecule has 0 aliphatic heterocycles. The predicted octanol–water partition coefficient (Wildman–Crippen LogP) is 3.31. The number of fused-ring (bicyclic) bond motifs is 1. The summed E-state index contributed by atoms with van der Waals surface area (Å²) in [6.45, 7) is 8.61. The van der Waals surface area contributed by atoms with Crippen molar-refractivity contribution < 1.29 is 5.11 Å². The summed E-state index contributed by atoms with van der Waals surface area (Å²) in [5.74, 6) is 0. The summed E-state index contributed by atoms with van der Waals surface area (Å²) in [7, 11) is 0. The molecule has 1 N–H and O–H groups in total. The summed E-state index contributed by atoms with van der Waals surface area (Å²) in [5.41, 5.74) is 2.81. The highest BCUT2D eigenvalue weighted by Gasteiger charge is 2.63. The molecule has 2 aliphatic rings. The first-order valence-electron chi connectivity index (χ1n) is 7.06. The van der Waals surface area contributed by atoms with Gasteiger partial charge in [0.25, 0.3) is 0 Å². The van der Waals surface area contributed by atoms with E-state index in [1.807, 2.05) is 0 Å². The molecule has 1 aromatic heterocycles. The lowest BCUT2D eigenvalue weighted by Gasteiger charge is -2.30. The van der Waals surface area contributed by atoms with Gasteiger partial charge in [-0.15, -0.1) is 0 Å². The molecule has 0 bridgehead atoms. The highest BCUT2D eigenvalue weighted by molar-refractivity contribution is 5.41. The van der Waals surface area contributed by atoms with E-state index in [4.69, 9.17) is 4.98 Å². The summed E-state index contributed by atoms with van der Waals surface area (Å²) < 4.78 is 0. The molecule has 1 heterocycles. The molecular weight excluding hydrogens is 222 g/mol. The van der Waals surface area contributed by atoms with Crippen molar-refractivity contribution in [1.82, 2.24) is 4.98 Å². The first kappa shape index (κ1) is 12.2. The van der Waals surface area contributed by atoms with Crippen molar-refractivity contribution in [2.45, 2.75) is 64.4 Å². The van der Waals surface area contributed by atoms with E-state index in [2.05, 4.69) is 39.8 Å². The Kier molecular flexibility index (Phi) is 2.27. The minimum atomic E-state index is -0.677. The number of aromatic nitrogens is 1. The molecule has 0 saturated heterocycles. The van der Waals surface area contributed by atoms with Crippen LogP contribution >= 0.6 is 0 Å². The predicted molar refractivity (Wildman–Crippen MR) is 72.5 cm³/mol. The molecule has 18 heavy (non-hydrogen) atoms. The van der Waals surface area contributed by atoms with Crippen molar-refractivity contribution in [3.63, 3.8) is 0 Å². The lowest BCUT2D eigenvalue weighted by molar-refractivity contribution is -0.0326. The second-order valence-electron chi connectivity index (χ2n) is 7.13. The molecule has 2 nitrogen and oxygen atoms in total. The summed E-state index contributed by atoms with van der Waals surface area (Å²) in [4.78, 5) is 4.83. The van der Waals surface area contributed by atoms with Gasteiger partial charge in [-0.25, -0.2) is 0 Å². The van der Waals surface area contributed by atoms with Gasteiger partial charge in [0.2, 0.25) is 0 Å². The standard InChI is InChI=1S/C16H23NO/c1-5-16(18)13-11(10-15(16)8-9-15)6-7-12(17-13)14(2,3)4/h6-7,18H,5,8-10H2,1-4H3/t16-/m0/s1. The second-order valence-corrected chi connectivity index (χ2v) is 7.13. The maximum absolute atomic E-state index is 11.1. The third kappa shape index (κ3) is 1.41. The fourth-order valence-electron chi connectivity index (χ4n) is 3.45. The Balaban J connectivity index is 2.13. The van der Waals surface area contributed by atoms with Crippen LogP contribution in [0.15, 0.2) is 12.1 Å². The Labute approximate surface area is 109 Å². The van der Waals surface area contributed by atoms with E-state index in [0.717, 1.165) is 37.1 Å². The van der Waals surface area contributed by atoms with E-state index < -0.39 is 5.60 Å². The minimum absolute atomic E-state index is 0.0446. The van der Waals surface area contributed by atoms with Crippen molar-refractivity contribution in [2.75, 3.05) is 0 Å². The zero-order valence-electron chi connectivity index (χ0n) is 11.9. The first-order chi connectivity index (χ1) is 8.32. The van der Waals surface area contributed by atoms with Crippen LogP contribution in [0.25, 0.3) is 0 Å². The molecule has 0 radical (unpaired) electrons. The van der Waals surface area contributed by atoms with E-state index >= 15 is 0 Å². The van der Waals surface area contributed by atoms with Gasteiger partial charge in [-0.1, -0.05) is 33.8 Å². The maximum atomic E-state index is 11.1. The quantitative estimate of drug-likeness (QED) is 0.823. The number of hydrogen-bond acceptors (Lipinski definition) is 2. The van der Waals surface area contributed by atoms with Crippen LogP contribution in [0.5, 0.6) is 0 Å². The van der Waals surface area contributed by atoms with Gasteiger partial charge >= 0.3 is 0 Å². The van der Waals surface area contributed by atoms with Crippen molar-refractivity contribution in [3.8, 4) is 0 Å². The molecule has 1 aromatic rings. The lowest BCUT2D eigenvalue weighted by Crippen LogP contribution is -2.33. The van der Waals surface area contributed by atoms with E-state index in [9.17, 15) is 5.11 Å². The van der Waals surface area contributed by atoms with Crippen molar-refractivity contribution in [1.29, 1.82) is 0 Å². The van der Waals surface area contributed by atoms with Gasteiger partial charge < -0.3 is 5.11 Å². The number of aliphatic hydroxyl groups is 1. The number of pyridine rings is 1. The highest BCUT2D eigenvalue weighted by atomic mass is 16.3. The fourth-order valence-corrected chi connectivity index (χ4v) is 3.45. The largest absolute Gasteiger partial charge is 0.383 e. The summed E-state index contributed by atoms with van der Waals surface area (Å²) in [5, 5.41) is 11.1. The third-order valence-corrected chi connectivity index (χ3v) is 4.91. The highest BCUT2D eigenvalue weighted by Crippen LogP contribution is 2.65. The van der Waals surface area contributed by atoms with E-state index in [1.165, 1.54) is 5.56 Å². The molecule has 1 atom stereocenters. The van der Waals surface area contributed by atoms with Crippen molar-refractivity contribution >= 4 is 0 Å². The molecule has 1 saturated carbocycles. The van der Waals surface area contributed by atoms with E-state index in [-0.39, 0.29) is 10.8 Å². The number of nitrogens with zero attached hydrogens (tertiary/aromatic N) is 1. The minimum Gasteiger partial charge on any atom is -0.383 e. The van der Waals surface area contributed by atoms with Gasteiger partial charge in [-0.05, 0) is 37.3 Å². The van der Waals surface area contributed by atoms with Gasteiger partial charge in [-0.3, -0.25) is 4.98 Å². The van der Waals surface area contributed by atoms with Gasteiger partial charge in [0.1, 0.15) is 5.60 Å². The second kappa shape index (κ2) is 3.36.